The summed E-state index contributed by atoms with van der Waals surface area (Å²) in [5, 5.41) is 0. The second-order valence-corrected chi connectivity index (χ2v) is 5.43. The summed E-state index contributed by atoms with van der Waals surface area (Å²) in [6, 6.07) is 6.06. The van der Waals surface area contributed by atoms with E-state index in [0.29, 0.717) is 12.5 Å². The summed E-state index contributed by atoms with van der Waals surface area (Å²) in [5.74, 6) is 2.12. The molecule has 102 valence electrons. The van der Waals surface area contributed by atoms with Crippen molar-refractivity contribution < 1.29 is 9.47 Å². The molecule has 0 spiro atoms. The third kappa shape index (κ3) is 3.16. The Bertz CT molecular complexity index is 390. The first-order valence-electron chi connectivity index (χ1n) is 6.39. The topological polar surface area (TPSA) is 44.5 Å². The minimum absolute atomic E-state index is 0.0201. The van der Waals surface area contributed by atoms with Crippen molar-refractivity contribution in [1.82, 2.24) is 0 Å². The van der Waals surface area contributed by atoms with Crippen LogP contribution in [0.3, 0.4) is 0 Å². The Kier molecular flexibility index (Phi) is 5.03. The molecule has 0 saturated heterocycles. The second kappa shape index (κ2) is 6.10. The van der Waals surface area contributed by atoms with Gasteiger partial charge in [0.25, 0.3) is 0 Å². The van der Waals surface area contributed by atoms with Gasteiger partial charge in [0.05, 0.1) is 14.2 Å². The van der Waals surface area contributed by atoms with Crippen LogP contribution in [0.1, 0.15) is 32.8 Å². The summed E-state index contributed by atoms with van der Waals surface area (Å²) in [6.07, 6.45) is 1.05. The van der Waals surface area contributed by atoms with E-state index in [9.17, 15) is 0 Å². The van der Waals surface area contributed by atoms with Gasteiger partial charge in [0, 0.05) is 12.0 Å². The maximum atomic E-state index is 5.98. The van der Waals surface area contributed by atoms with Crippen molar-refractivity contribution in [2.75, 3.05) is 20.8 Å². The molecule has 0 aliphatic heterocycles. The molecule has 1 aromatic rings. The van der Waals surface area contributed by atoms with Crippen LogP contribution in [-0.2, 0) is 5.41 Å². The lowest BCUT2D eigenvalue weighted by atomic mass is 9.76. The van der Waals surface area contributed by atoms with E-state index in [1.54, 1.807) is 14.2 Å². The standard InChI is InChI=1S/C15H25NO2/c1-11(2)9-15(3,10-16)12-6-7-13(17-4)14(8-12)18-5/h6-8,11H,9-10,16H2,1-5H3. The van der Waals surface area contributed by atoms with Crippen LogP contribution in [0.25, 0.3) is 0 Å². The van der Waals surface area contributed by atoms with Gasteiger partial charge in [0.15, 0.2) is 11.5 Å². The van der Waals surface area contributed by atoms with Crippen molar-refractivity contribution in [3.8, 4) is 11.5 Å². The number of nitrogens with two attached hydrogens (primary N) is 1. The zero-order chi connectivity index (χ0) is 13.8. The summed E-state index contributed by atoms with van der Waals surface area (Å²) in [7, 11) is 3.30. The van der Waals surface area contributed by atoms with Gasteiger partial charge in [-0.25, -0.2) is 0 Å². The Morgan fingerprint density at radius 1 is 1.17 bits per heavy atom. The molecule has 0 radical (unpaired) electrons. The van der Waals surface area contributed by atoms with Crippen LogP contribution in [0.15, 0.2) is 18.2 Å². The van der Waals surface area contributed by atoms with E-state index in [1.807, 2.05) is 12.1 Å². The highest BCUT2D eigenvalue weighted by molar-refractivity contribution is 5.45. The van der Waals surface area contributed by atoms with E-state index >= 15 is 0 Å². The average Bonchev–Trinajstić information content (AvgIpc) is 2.36. The fourth-order valence-electron chi connectivity index (χ4n) is 2.43. The fourth-order valence-corrected chi connectivity index (χ4v) is 2.43. The zero-order valence-corrected chi connectivity index (χ0v) is 12.1. The predicted molar refractivity (Wildman–Crippen MR) is 75.4 cm³/mol. The van der Waals surface area contributed by atoms with Crippen LogP contribution in [0.2, 0.25) is 0 Å². The normalized spacial score (nSPS) is 14.4. The lowest BCUT2D eigenvalue weighted by Gasteiger charge is -2.31. The van der Waals surface area contributed by atoms with Crippen molar-refractivity contribution in [2.45, 2.75) is 32.6 Å². The van der Waals surface area contributed by atoms with Gasteiger partial charge in [-0.05, 0) is 30.0 Å². The molecule has 3 heteroatoms. The van der Waals surface area contributed by atoms with Crippen molar-refractivity contribution in [2.24, 2.45) is 11.7 Å². The summed E-state index contributed by atoms with van der Waals surface area (Å²) in [6.45, 7) is 7.26. The molecule has 1 rings (SSSR count). The second-order valence-electron chi connectivity index (χ2n) is 5.43. The number of rotatable bonds is 6. The molecule has 1 aromatic carbocycles. The third-order valence-electron chi connectivity index (χ3n) is 3.39. The Morgan fingerprint density at radius 2 is 1.78 bits per heavy atom. The van der Waals surface area contributed by atoms with Crippen LogP contribution in [0, 0.1) is 5.92 Å². The van der Waals surface area contributed by atoms with E-state index < -0.39 is 0 Å². The van der Waals surface area contributed by atoms with Crippen molar-refractivity contribution in [1.29, 1.82) is 0 Å². The number of methoxy groups -OCH3 is 2. The largest absolute Gasteiger partial charge is 0.493 e. The van der Waals surface area contributed by atoms with E-state index in [2.05, 4.69) is 26.8 Å². The first-order valence-corrected chi connectivity index (χ1v) is 6.39. The maximum Gasteiger partial charge on any atom is 0.161 e. The summed E-state index contributed by atoms with van der Waals surface area (Å²) in [5.41, 5.74) is 7.16. The zero-order valence-electron chi connectivity index (χ0n) is 12.1. The Morgan fingerprint density at radius 3 is 2.22 bits per heavy atom. The number of hydrogen-bond donors (Lipinski definition) is 1. The molecule has 0 fully saturated rings. The van der Waals surface area contributed by atoms with Gasteiger partial charge in [0.1, 0.15) is 0 Å². The predicted octanol–water partition coefficient (Wildman–Crippen LogP) is 2.97. The van der Waals surface area contributed by atoms with Crippen molar-refractivity contribution >= 4 is 0 Å². The highest BCUT2D eigenvalue weighted by Gasteiger charge is 2.27. The van der Waals surface area contributed by atoms with Gasteiger partial charge in [-0.1, -0.05) is 26.8 Å². The van der Waals surface area contributed by atoms with E-state index in [4.69, 9.17) is 15.2 Å². The Labute approximate surface area is 110 Å². The van der Waals surface area contributed by atoms with Gasteiger partial charge < -0.3 is 15.2 Å². The van der Waals surface area contributed by atoms with Gasteiger partial charge in [-0.3, -0.25) is 0 Å². The van der Waals surface area contributed by atoms with Gasteiger partial charge in [-0.2, -0.15) is 0 Å². The van der Waals surface area contributed by atoms with Crippen molar-refractivity contribution in [3.63, 3.8) is 0 Å². The summed E-state index contributed by atoms with van der Waals surface area (Å²) in [4.78, 5) is 0. The minimum atomic E-state index is -0.0201. The molecule has 0 bridgehead atoms. The number of hydrogen-bond acceptors (Lipinski definition) is 3. The SMILES string of the molecule is COc1ccc(C(C)(CN)CC(C)C)cc1OC. The molecule has 1 unspecified atom stereocenters. The molecular weight excluding hydrogens is 226 g/mol. The quantitative estimate of drug-likeness (QED) is 0.845. The monoisotopic (exact) mass is 251 g/mol. The minimum Gasteiger partial charge on any atom is -0.493 e. The first-order chi connectivity index (χ1) is 8.46. The molecule has 0 saturated carbocycles. The summed E-state index contributed by atoms with van der Waals surface area (Å²) < 4.78 is 10.6. The van der Waals surface area contributed by atoms with E-state index in [-0.39, 0.29) is 5.41 Å². The third-order valence-corrected chi connectivity index (χ3v) is 3.39. The molecule has 0 heterocycles. The van der Waals surface area contributed by atoms with Crippen LogP contribution >= 0.6 is 0 Å². The smallest absolute Gasteiger partial charge is 0.161 e. The average molecular weight is 251 g/mol. The summed E-state index contributed by atoms with van der Waals surface area (Å²) >= 11 is 0. The van der Waals surface area contributed by atoms with Crippen LogP contribution in [0.4, 0.5) is 0 Å². The van der Waals surface area contributed by atoms with Crippen LogP contribution < -0.4 is 15.2 Å². The lowest BCUT2D eigenvalue weighted by Crippen LogP contribution is -2.33. The fraction of sp³-hybridized carbons (Fsp3) is 0.600. The molecule has 2 N–H and O–H groups in total. The molecule has 3 nitrogen and oxygen atoms in total. The highest BCUT2D eigenvalue weighted by Crippen LogP contribution is 2.36. The lowest BCUT2D eigenvalue weighted by molar-refractivity contribution is 0.347. The van der Waals surface area contributed by atoms with Gasteiger partial charge in [0.2, 0.25) is 0 Å². The maximum absolute atomic E-state index is 5.98. The molecular formula is C15H25NO2. The Balaban J connectivity index is 3.14. The molecule has 0 aliphatic carbocycles. The van der Waals surface area contributed by atoms with Crippen LogP contribution in [-0.4, -0.2) is 20.8 Å². The molecule has 0 amide bonds. The highest BCUT2D eigenvalue weighted by atomic mass is 16.5. The number of ether oxygens (including phenoxy) is 2. The molecule has 1 atom stereocenters. The van der Waals surface area contributed by atoms with E-state index in [1.165, 1.54) is 5.56 Å². The number of benzene rings is 1. The Hall–Kier alpha value is -1.22. The molecule has 0 aromatic heterocycles. The molecule has 0 aliphatic rings. The van der Waals surface area contributed by atoms with Gasteiger partial charge in [-0.15, -0.1) is 0 Å². The molecule has 18 heavy (non-hydrogen) atoms. The van der Waals surface area contributed by atoms with Crippen LogP contribution in [0.5, 0.6) is 11.5 Å². The van der Waals surface area contributed by atoms with E-state index in [0.717, 1.165) is 17.9 Å². The van der Waals surface area contributed by atoms with Crippen molar-refractivity contribution in [3.05, 3.63) is 23.8 Å². The first kappa shape index (κ1) is 14.8. The van der Waals surface area contributed by atoms with Gasteiger partial charge >= 0.3 is 0 Å².